The van der Waals surface area contributed by atoms with E-state index >= 15 is 0 Å². The molecule has 0 aromatic carbocycles. The minimum absolute atomic E-state index is 0.317. The van der Waals surface area contributed by atoms with Crippen LogP contribution in [-0.4, -0.2) is 44.7 Å². The first kappa shape index (κ1) is 7.63. The van der Waals surface area contributed by atoms with Crippen LogP contribution in [0.25, 0.3) is 0 Å². The molecule has 0 bridgehead atoms. The number of likely N-dealkylation sites (tertiary alicyclic amines) is 1. The van der Waals surface area contributed by atoms with E-state index in [-0.39, 0.29) is 0 Å². The highest BCUT2D eigenvalue weighted by molar-refractivity contribution is 4.83. The molecule has 0 saturated carbocycles. The fourth-order valence-electron chi connectivity index (χ4n) is 1.46. The molecular weight excluding hydrogens is 156 g/mol. The van der Waals surface area contributed by atoms with Gasteiger partial charge in [-0.25, -0.2) is 0 Å². The monoisotopic (exact) mass is 168 g/mol. The molecule has 1 unspecified atom stereocenters. The second-order valence-corrected chi connectivity index (χ2v) is 3.11. The second kappa shape index (κ2) is 3.16. The van der Waals surface area contributed by atoms with Crippen LogP contribution in [0.3, 0.4) is 0 Å². The van der Waals surface area contributed by atoms with E-state index in [0.29, 0.717) is 6.04 Å². The Morgan fingerprint density at radius 1 is 1.67 bits per heavy atom. The number of nitrogens with two attached hydrogens (primary N) is 1. The van der Waals surface area contributed by atoms with Gasteiger partial charge in [0.05, 0.1) is 6.54 Å². The molecule has 1 saturated heterocycles. The maximum Gasteiger partial charge on any atom is 0.188 e. The van der Waals surface area contributed by atoms with E-state index < -0.39 is 0 Å². The number of hydrogen-bond donors (Lipinski definition) is 2. The summed E-state index contributed by atoms with van der Waals surface area (Å²) in [6, 6.07) is 0.317. The normalized spacial score (nSPS) is 24.9. The summed E-state index contributed by atoms with van der Waals surface area (Å²) in [7, 11) is 0. The number of hydrogen-bond acceptors (Lipinski definition) is 5. The molecular formula is C6H12N6. The second-order valence-electron chi connectivity index (χ2n) is 3.11. The topological polar surface area (TPSA) is 83.7 Å². The van der Waals surface area contributed by atoms with Crippen molar-refractivity contribution in [2.75, 3.05) is 13.1 Å². The van der Waals surface area contributed by atoms with Crippen molar-refractivity contribution in [3.63, 3.8) is 0 Å². The van der Waals surface area contributed by atoms with Gasteiger partial charge in [-0.1, -0.05) is 5.21 Å². The fourth-order valence-corrected chi connectivity index (χ4v) is 1.46. The van der Waals surface area contributed by atoms with Gasteiger partial charge in [0.25, 0.3) is 0 Å². The molecule has 66 valence electrons. The Bertz CT molecular complexity index is 232. The predicted molar refractivity (Wildman–Crippen MR) is 42.0 cm³/mol. The summed E-state index contributed by atoms with van der Waals surface area (Å²) in [4.78, 5) is 2.23. The number of aromatic nitrogens is 4. The first-order valence-electron chi connectivity index (χ1n) is 4.05. The third kappa shape index (κ3) is 1.59. The van der Waals surface area contributed by atoms with E-state index in [0.717, 1.165) is 31.9 Å². The van der Waals surface area contributed by atoms with Crippen molar-refractivity contribution < 1.29 is 0 Å². The number of rotatable bonds is 2. The molecule has 1 aliphatic rings. The molecule has 1 aliphatic heterocycles. The summed E-state index contributed by atoms with van der Waals surface area (Å²) >= 11 is 0. The van der Waals surface area contributed by atoms with Crippen molar-refractivity contribution in [2.45, 2.75) is 19.0 Å². The van der Waals surface area contributed by atoms with Crippen LogP contribution in [-0.2, 0) is 6.54 Å². The summed E-state index contributed by atoms with van der Waals surface area (Å²) in [6.45, 7) is 2.73. The summed E-state index contributed by atoms with van der Waals surface area (Å²) in [5, 5.41) is 13.7. The molecule has 0 spiro atoms. The van der Waals surface area contributed by atoms with E-state index in [1.165, 1.54) is 0 Å². The molecule has 2 rings (SSSR count). The zero-order chi connectivity index (χ0) is 8.39. The van der Waals surface area contributed by atoms with Gasteiger partial charge in [0.15, 0.2) is 5.82 Å². The van der Waals surface area contributed by atoms with Crippen LogP contribution in [0.5, 0.6) is 0 Å². The number of nitrogens with one attached hydrogen (secondary N) is 1. The van der Waals surface area contributed by atoms with E-state index in [1.807, 2.05) is 0 Å². The molecule has 1 aromatic rings. The highest BCUT2D eigenvalue weighted by Crippen LogP contribution is 2.08. The zero-order valence-corrected chi connectivity index (χ0v) is 6.77. The molecule has 2 heterocycles. The Morgan fingerprint density at radius 2 is 2.58 bits per heavy atom. The van der Waals surface area contributed by atoms with Gasteiger partial charge in [0.1, 0.15) is 0 Å². The van der Waals surface area contributed by atoms with Gasteiger partial charge in [-0.3, -0.25) is 4.90 Å². The number of H-pyrrole nitrogens is 1. The SMILES string of the molecule is NC1CCN(Cc2nn[nH]n2)C1. The van der Waals surface area contributed by atoms with Crippen molar-refractivity contribution in [2.24, 2.45) is 5.73 Å². The molecule has 12 heavy (non-hydrogen) atoms. The number of aromatic amines is 1. The number of tetrazole rings is 1. The summed E-state index contributed by atoms with van der Waals surface area (Å²) in [6.07, 6.45) is 1.07. The Kier molecular flexibility index (Phi) is 2.01. The Morgan fingerprint density at radius 3 is 3.17 bits per heavy atom. The maximum absolute atomic E-state index is 5.75. The van der Waals surface area contributed by atoms with Gasteiger partial charge in [-0.2, -0.15) is 5.21 Å². The lowest BCUT2D eigenvalue weighted by Crippen LogP contribution is -2.26. The average Bonchev–Trinajstić information content (AvgIpc) is 2.63. The van der Waals surface area contributed by atoms with Crippen molar-refractivity contribution in [1.29, 1.82) is 0 Å². The lowest BCUT2D eigenvalue weighted by atomic mass is 10.3. The Labute approximate surface area is 70.1 Å². The van der Waals surface area contributed by atoms with Crippen molar-refractivity contribution >= 4 is 0 Å². The van der Waals surface area contributed by atoms with E-state index in [4.69, 9.17) is 5.73 Å². The first-order chi connectivity index (χ1) is 5.84. The fraction of sp³-hybridized carbons (Fsp3) is 0.833. The standard InChI is InChI=1S/C6H12N6/c7-5-1-2-12(3-5)4-6-8-10-11-9-6/h5H,1-4,7H2,(H,8,9,10,11). The Balaban J connectivity index is 1.88. The molecule has 6 nitrogen and oxygen atoms in total. The number of nitrogens with zero attached hydrogens (tertiary/aromatic N) is 4. The predicted octanol–water partition coefficient (Wildman–Crippen LogP) is -1.27. The van der Waals surface area contributed by atoms with Crippen molar-refractivity contribution in [3.05, 3.63) is 5.82 Å². The molecule has 6 heteroatoms. The van der Waals surface area contributed by atoms with Crippen molar-refractivity contribution in [3.8, 4) is 0 Å². The smallest absolute Gasteiger partial charge is 0.188 e. The largest absolute Gasteiger partial charge is 0.326 e. The molecule has 3 N–H and O–H groups in total. The van der Waals surface area contributed by atoms with Crippen LogP contribution in [0.4, 0.5) is 0 Å². The average molecular weight is 168 g/mol. The summed E-state index contributed by atoms with van der Waals surface area (Å²) in [5.41, 5.74) is 5.75. The highest BCUT2D eigenvalue weighted by Gasteiger charge is 2.19. The van der Waals surface area contributed by atoms with Crippen LogP contribution >= 0.6 is 0 Å². The van der Waals surface area contributed by atoms with Crippen LogP contribution in [0.15, 0.2) is 0 Å². The quantitative estimate of drug-likeness (QED) is 0.575. The zero-order valence-electron chi connectivity index (χ0n) is 6.77. The maximum atomic E-state index is 5.75. The van der Waals surface area contributed by atoms with E-state index in [2.05, 4.69) is 25.5 Å². The molecule has 0 aliphatic carbocycles. The molecule has 0 radical (unpaired) electrons. The Hall–Kier alpha value is -1.01. The van der Waals surface area contributed by atoms with Gasteiger partial charge < -0.3 is 5.73 Å². The van der Waals surface area contributed by atoms with Crippen LogP contribution in [0, 0.1) is 0 Å². The van der Waals surface area contributed by atoms with Crippen molar-refractivity contribution in [1.82, 2.24) is 25.5 Å². The van der Waals surface area contributed by atoms with Gasteiger partial charge in [0.2, 0.25) is 0 Å². The molecule has 0 amide bonds. The van der Waals surface area contributed by atoms with E-state index in [1.54, 1.807) is 0 Å². The summed E-state index contributed by atoms with van der Waals surface area (Å²) in [5.74, 6) is 0.740. The third-order valence-corrected chi connectivity index (χ3v) is 2.06. The highest BCUT2D eigenvalue weighted by atomic mass is 15.5. The molecule has 1 aromatic heterocycles. The lowest BCUT2D eigenvalue weighted by molar-refractivity contribution is 0.318. The van der Waals surface area contributed by atoms with E-state index in [9.17, 15) is 0 Å². The van der Waals surface area contributed by atoms with Crippen LogP contribution in [0.2, 0.25) is 0 Å². The lowest BCUT2D eigenvalue weighted by Gasteiger charge is -2.11. The third-order valence-electron chi connectivity index (χ3n) is 2.06. The van der Waals surface area contributed by atoms with Crippen LogP contribution in [0.1, 0.15) is 12.2 Å². The summed E-state index contributed by atoms with van der Waals surface area (Å²) < 4.78 is 0. The molecule has 1 atom stereocenters. The van der Waals surface area contributed by atoms with Gasteiger partial charge in [-0.05, 0) is 6.42 Å². The van der Waals surface area contributed by atoms with Gasteiger partial charge in [0, 0.05) is 19.1 Å². The van der Waals surface area contributed by atoms with Crippen LogP contribution < -0.4 is 5.73 Å². The van der Waals surface area contributed by atoms with Gasteiger partial charge >= 0.3 is 0 Å². The first-order valence-corrected chi connectivity index (χ1v) is 4.05. The molecule has 1 fully saturated rings. The van der Waals surface area contributed by atoms with Gasteiger partial charge in [-0.15, -0.1) is 10.2 Å². The minimum atomic E-state index is 0.317. The minimum Gasteiger partial charge on any atom is -0.326 e.